The Morgan fingerprint density at radius 3 is 2.45 bits per heavy atom. The number of amides is 1. The Hall–Kier alpha value is -2.53. The van der Waals surface area contributed by atoms with Crippen molar-refractivity contribution in [3.05, 3.63) is 58.7 Å². The van der Waals surface area contributed by atoms with Crippen LogP contribution in [0.5, 0.6) is 11.5 Å². The van der Waals surface area contributed by atoms with Crippen molar-refractivity contribution in [2.75, 3.05) is 33.3 Å². The largest absolute Gasteiger partial charge is 0.497 e. The molecule has 2 heterocycles. The molecule has 31 heavy (non-hydrogen) atoms. The summed E-state index contributed by atoms with van der Waals surface area (Å²) >= 11 is 0. The van der Waals surface area contributed by atoms with Crippen LogP contribution in [0.15, 0.2) is 36.4 Å². The lowest BCUT2D eigenvalue weighted by Crippen LogP contribution is -2.38. The van der Waals surface area contributed by atoms with E-state index in [1.165, 1.54) is 16.7 Å². The van der Waals surface area contributed by atoms with Gasteiger partial charge in [0.25, 0.3) is 5.91 Å². The van der Waals surface area contributed by atoms with Crippen LogP contribution in [0, 0.1) is 13.8 Å². The summed E-state index contributed by atoms with van der Waals surface area (Å²) < 4.78 is 11.8. The molecule has 0 unspecified atom stereocenters. The molecular formula is C26H34N2O3. The zero-order valence-corrected chi connectivity index (χ0v) is 19.0. The summed E-state index contributed by atoms with van der Waals surface area (Å²) in [6.45, 7) is 8.99. The molecule has 4 rings (SSSR count). The second kappa shape index (κ2) is 9.73. The number of nitrogens with zero attached hydrogens (tertiary/aromatic N) is 2. The molecule has 0 aromatic heterocycles. The molecule has 0 saturated carbocycles. The molecule has 2 aliphatic rings. The normalized spacial score (nSPS) is 17.7. The quantitative estimate of drug-likeness (QED) is 0.683. The molecule has 0 bridgehead atoms. The standard InChI is InChI=1S/C26H34N2O3/c1-19-6-7-20(2)21(16-19)18-27-14-10-22(11-15-27)31-25-17-23(30-3)8-9-24(25)26(29)28-12-4-5-13-28/h6-9,16-17,22H,4-5,10-15,18H2,1-3H3. The van der Waals surface area contributed by atoms with E-state index in [2.05, 4.69) is 36.9 Å². The number of methoxy groups -OCH3 is 1. The fraction of sp³-hybridized carbons (Fsp3) is 0.500. The first-order valence-corrected chi connectivity index (χ1v) is 11.5. The minimum Gasteiger partial charge on any atom is -0.497 e. The van der Waals surface area contributed by atoms with Gasteiger partial charge in [0.15, 0.2) is 0 Å². The smallest absolute Gasteiger partial charge is 0.257 e. The van der Waals surface area contributed by atoms with Gasteiger partial charge in [-0.05, 0) is 62.8 Å². The SMILES string of the molecule is COc1ccc(C(=O)N2CCCC2)c(OC2CCN(Cc3cc(C)ccc3C)CC2)c1. The van der Waals surface area contributed by atoms with E-state index >= 15 is 0 Å². The maximum atomic E-state index is 13.0. The van der Waals surface area contributed by atoms with Crippen LogP contribution < -0.4 is 9.47 Å². The third-order valence-corrected chi connectivity index (χ3v) is 6.54. The lowest BCUT2D eigenvalue weighted by Gasteiger charge is -2.33. The van der Waals surface area contributed by atoms with E-state index in [-0.39, 0.29) is 12.0 Å². The lowest BCUT2D eigenvalue weighted by molar-refractivity contribution is 0.0764. The van der Waals surface area contributed by atoms with Gasteiger partial charge in [-0.25, -0.2) is 0 Å². The van der Waals surface area contributed by atoms with Crippen LogP contribution in [0.3, 0.4) is 0 Å². The van der Waals surface area contributed by atoms with Crippen LogP contribution in [-0.2, 0) is 6.54 Å². The minimum absolute atomic E-state index is 0.0718. The second-order valence-corrected chi connectivity index (χ2v) is 8.88. The van der Waals surface area contributed by atoms with Gasteiger partial charge < -0.3 is 14.4 Å². The van der Waals surface area contributed by atoms with Crippen LogP contribution in [0.1, 0.15) is 52.7 Å². The van der Waals surface area contributed by atoms with Crippen molar-refractivity contribution in [1.82, 2.24) is 9.80 Å². The Morgan fingerprint density at radius 1 is 1.00 bits per heavy atom. The third-order valence-electron chi connectivity index (χ3n) is 6.54. The molecule has 0 aliphatic carbocycles. The molecule has 166 valence electrons. The molecule has 0 N–H and O–H groups in total. The van der Waals surface area contributed by atoms with Gasteiger partial charge in [-0.1, -0.05) is 23.8 Å². The predicted molar refractivity (Wildman–Crippen MR) is 123 cm³/mol. The molecule has 0 spiro atoms. The van der Waals surface area contributed by atoms with Crippen LogP contribution >= 0.6 is 0 Å². The second-order valence-electron chi connectivity index (χ2n) is 8.88. The number of aryl methyl sites for hydroxylation is 2. The van der Waals surface area contributed by atoms with E-state index in [0.717, 1.165) is 64.2 Å². The molecule has 1 amide bonds. The van der Waals surface area contributed by atoms with Crippen LogP contribution in [0.4, 0.5) is 0 Å². The first kappa shape index (κ1) is 21.7. The van der Waals surface area contributed by atoms with Gasteiger partial charge in [-0.15, -0.1) is 0 Å². The summed E-state index contributed by atoms with van der Waals surface area (Å²) in [5, 5.41) is 0. The summed E-state index contributed by atoms with van der Waals surface area (Å²) in [5.41, 5.74) is 4.73. The average Bonchev–Trinajstić information content (AvgIpc) is 3.32. The number of likely N-dealkylation sites (tertiary alicyclic amines) is 2. The van der Waals surface area contributed by atoms with Crippen molar-refractivity contribution >= 4 is 5.91 Å². The van der Waals surface area contributed by atoms with Gasteiger partial charge in [-0.2, -0.15) is 0 Å². The Bertz CT molecular complexity index is 913. The van der Waals surface area contributed by atoms with Gasteiger partial charge in [-0.3, -0.25) is 9.69 Å². The summed E-state index contributed by atoms with van der Waals surface area (Å²) in [5.74, 6) is 1.45. The first-order chi connectivity index (χ1) is 15.0. The van der Waals surface area contributed by atoms with Crippen molar-refractivity contribution in [3.8, 4) is 11.5 Å². The Labute approximate surface area is 185 Å². The highest BCUT2D eigenvalue weighted by Gasteiger charge is 2.26. The summed E-state index contributed by atoms with van der Waals surface area (Å²) in [7, 11) is 1.65. The van der Waals surface area contributed by atoms with Gasteiger partial charge in [0, 0.05) is 38.8 Å². The fourth-order valence-electron chi connectivity index (χ4n) is 4.57. The average molecular weight is 423 g/mol. The number of carbonyl (C=O) groups is 1. The monoisotopic (exact) mass is 422 g/mol. The summed E-state index contributed by atoms with van der Waals surface area (Å²) in [6, 6.07) is 12.2. The van der Waals surface area contributed by atoms with Gasteiger partial charge in [0.05, 0.1) is 12.7 Å². The number of benzene rings is 2. The van der Waals surface area contributed by atoms with E-state index in [9.17, 15) is 4.79 Å². The predicted octanol–water partition coefficient (Wildman–Crippen LogP) is 4.59. The molecule has 0 atom stereocenters. The molecule has 0 radical (unpaired) electrons. The first-order valence-electron chi connectivity index (χ1n) is 11.5. The van der Waals surface area contributed by atoms with Crippen LogP contribution in [0.25, 0.3) is 0 Å². The molecule has 2 aromatic rings. The zero-order chi connectivity index (χ0) is 21.8. The number of piperidine rings is 1. The Balaban J connectivity index is 1.40. The van der Waals surface area contributed by atoms with Gasteiger partial charge >= 0.3 is 0 Å². The van der Waals surface area contributed by atoms with E-state index in [4.69, 9.17) is 9.47 Å². The highest BCUT2D eigenvalue weighted by molar-refractivity contribution is 5.97. The Kier molecular flexibility index (Phi) is 6.81. The van der Waals surface area contributed by atoms with E-state index in [0.29, 0.717) is 11.3 Å². The highest BCUT2D eigenvalue weighted by atomic mass is 16.5. The molecule has 2 aromatic carbocycles. The van der Waals surface area contributed by atoms with Crippen molar-refractivity contribution in [2.24, 2.45) is 0 Å². The maximum Gasteiger partial charge on any atom is 0.257 e. The maximum absolute atomic E-state index is 13.0. The number of rotatable bonds is 6. The topological polar surface area (TPSA) is 42.0 Å². The van der Waals surface area contributed by atoms with E-state index < -0.39 is 0 Å². The van der Waals surface area contributed by atoms with Crippen molar-refractivity contribution in [1.29, 1.82) is 0 Å². The van der Waals surface area contributed by atoms with Gasteiger partial charge in [0.1, 0.15) is 17.6 Å². The van der Waals surface area contributed by atoms with Crippen LogP contribution in [0.2, 0.25) is 0 Å². The van der Waals surface area contributed by atoms with Crippen molar-refractivity contribution in [2.45, 2.75) is 52.2 Å². The third kappa shape index (κ3) is 5.21. The van der Waals surface area contributed by atoms with E-state index in [1.54, 1.807) is 7.11 Å². The minimum atomic E-state index is 0.0718. The molecule has 2 aliphatic heterocycles. The van der Waals surface area contributed by atoms with Crippen molar-refractivity contribution in [3.63, 3.8) is 0 Å². The van der Waals surface area contributed by atoms with Crippen molar-refractivity contribution < 1.29 is 14.3 Å². The number of carbonyl (C=O) groups excluding carboxylic acids is 1. The highest BCUT2D eigenvalue weighted by Crippen LogP contribution is 2.30. The lowest BCUT2D eigenvalue weighted by atomic mass is 10.0. The molecule has 2 saturated heterocycles. The molecule has 5 nitrogen and oxygen atoms in total. The van der Waals surface area contributed by atoms with E-state index in [1.807, 2.05) is 23.1 Å². The Morgan fingerprint density at radius 2 is 1.74 bits per heavy atom. The number of hydrogen-bond donors (Lipinski definition) is 0. The van der Waals surface area contributed by atoms with Crippen LogP contribution in [-0.4, -0.2) is 55.1 Å². The zero-order valence-electron chi connectivity index (χ0n) is 19.0. The molecular weight excluding hydrogens is 388 g/mol. The fourth-order valence-corrected chi connectivity index (χ4v) is 4.57. The number of ether oxygens (including phenoxy) is 2. The molecule has 2 fully saturated rings. The number of hydrogen-bond acceptors (Lipinski definition) is 4. The molecule has 5 heteroatoms. The summed E-state index contributed by atoms with van der Waals surface area (Å²) in [4.78, 5) is 17.5. The van der Waals surface area contributed by atoms with Gasteiger partial charge in [0.2, 0.25) is 0 Å². The summed E-state index contributed by atoms with van der Waals surface area (Å²) in [6.07, 6.45) is 4.19.